The van der Waals surface area contributed by atoms with Crippen molar-refractivity contribution in [1.29, 1.82) is 0 Å². The molecule has 2 aliphatic rings. The number of nitrogens with zero attached hydrogens (tertiary/aromatic N) is 2. The molecule has 120 valence electrons. The van der Waals surface area contributed by atoms with Crippen LogP contribution in [0.15, 0.2) is 21.7 Å². The van der Waals surface area contributed by atoms with E-state index < -0.39 is 0 Å². The fourth-order valence-corrected chi connectivity index (χ4v) is 3.95. The van der Waals surface area contributed by atoms with E-state index in [4.69, 9.17) is 9.47 Å². The standard InChI is InChI=1S/C16H22BrN3O2/c1-4-20-6-5-13-11(9-20)15(19-18-13)10-7-12(17)16(22-3)14(8-10)21-2/h7-8,11,15,19H,4-6,9H2,1-3H3. The van der Waals surface area contributed by atoms with Crippen LogP contribution in [0.1, 0.15) is 24.9 Å². The third-order valence-electron chi connectivity index (χ3n) is 4.58. The van der Waals surface area contributed by atoms with Crippen molar-refractivity contribution in [2.24, 2.45) is 11.0 Å². The van der Waals surface area contributed by atoms with Crippen LogP contribution >= 0.6 is 15.9 Å². The van der Waals surface area contributed by atoms with E-state index in [2.05, 4.69) is 44.3 Å². The second-order valence-corrected chi connectivity index (χ2v) is 6.55. The Bertz CT molecular complexity index is 591. The molecule has 2 atom stereocenters. The molecule has 5 nitrogen and oxygen atoms in total. The van der Waals surface area contributed by atoms with Crippen LogP contribution in [0.4, 0.5) is 0 Å². The largest absolute Gasteiger partial charge is 0.493 e. The van der Waals surface area contributed by atoms with Gasteiger partial charge >= 0.3 is 0 Å². The predicted molar refractivity (Wildman–Crippen MR) is 90.8 cm³/mol. The average Bonchev–Trinajstić information content (AvgIpc) is 2.96. The molecule has 1 fully saturated rings. The third-order valence-corrected chi connectivity index (χ3v) is 5.17. The molecule has 6 heteroatoms. The van der Waals surface area contributed by atoms with Crippen molar-refractivity contribution in [2.45, 2.75) is 19.4 Å². The fourth-order valence-electron chi connectivity index (χ4n) is 3.32. The maximum absolute atomic E-state index is 5.47. The zero-order valence-electron chi connectivity index (χ0n) is 13.2. The Morgan fingerprint density at radius 1 is 1.36 bits per heavy atom. The van der Waals surface area contributed by atoms with Gasteiger partial charge in [0, 0.05) is 31.1 Å². The molecule has 1 aromatic carbocycles. The number of likely N-dealkylation sites (tertiary alicyclic amines) is 1. The lowest BCUT2D eigenvalue weighted by Gasteiger charge is -2.33. The van der Waals surface area contributed by atoms with Gasteiger partial charge in [-0.3, -0.25) is 0 Å². The van der Waals surface area contributed by atoms with Crippen molar-refractivity contribution in [3.8, 4) is 11.5 Å². The maximum Gasteiger partial charge on any atom is 0.174 e. The number of piperidine rings is 1. The van der Waals surface area contributed by atoms with Gasteiger partial charge in [0.2, 0.25) is 0 Å². The monoisotopic (exact) mass is 367 g/mol. The lowest BCUT2D eigenvalue weighted by molar-refractivity contribution is 0.238. The SMILES string of the molecule is CCN1CCC2=NNC(c3cc(Br)c(OC)c(OC)c3)C2C1. The van der Waals surface area contributed by atoms with Gasteiger partial charge in [0.05, 0.1) is 24.7 Å². The van der Waals surface area contributed by atoms with Crippen molar-refractivity contribution in [3.05, 3.63) is 22.2 Å². The number of rotatable bonds is 4. The zero-order chi connectivity index (χ0) is 15.7. The lowest BCUT2D eigenvalue weighted by atomic mass is 9.86. The number of hydrogen-bond donors (Lipinski definition) is 1. The van der Waals surface area contributed by atoms with Gasteiger partial charge in [-0.2, -0.15) is 5.10 Å². The van der Waals surface area contributed by atoms with E-state index in [0.29, 0.717) is 5.92 Å². The number of nitrogens with one attached hydrogen (secondary N) is 1. The topological polar surface area (TPSA) is 46.1 Å². The number of hydrogen-bond acceptors (Lipinski definition) is 5. The van der Waals surface area contributed by atoms with Crippen LogP contribution in [0.5, 0.6) is 11.5 Å². The molecule has 3 rings (SSSR count). The summed E-state index contributed by atoms with van der Waals surface area (Å²) in [6, 6.07) is 4.34. The first-order valence-electron chi connectivity index (χ1n) is 7.63. The first-order chi connectivity index (χ1) is 10.7. The van der Waals surface area contributed by atoms with Crippen LogP contribution in [0.2, 0.25) is 0 Å². The van der Waals surface area contributed by atoms with Crippen LogP contribution in [0.25, 0.3) is 0 Å². The lowest BCUT2D eigenvalue weighted by Crippen LogP contribution is -2.41. The number of methoxy groups -OCH3 is 2. The van der Waals surface area contributed by atoms with E-state index in [1.54, 1.807) is 14.2 Å². The molecule has 0 spiro atoms. The quantitative estimate of drug-likeness (QED) is 0.888. The number of fused-ring (bicyclic) bond motifs is 1. The van der Waals surface area contributed by atoms with E-state index >= 15 is 0 Å². The Kier molecular flexibility index (Phi) is 4.59. The fraction of sp³-hybridized carbons (Fsp3) is 0.562. The molecule has 22 heavy (non-hydrogen) atoms. The third kappa shape index (κ3) is 2.70. The van der Waals surface area contributed by atoms with Crippen LogP contribution in [0, 0.1) is 5.92 Å². The molecule has 0 aromatic heterocycles. The van der Waals surface area contributed by atoms with E-state index in [1.165, 1.54) is 11.3 Å². The second-order valence-electron chi connectivity index (χ2n) is 5.70. The van der Waals surface area contributed by atoms with E-state index in [1.807, 2.05) is 6.07 Å². The minimum absolute atomic E-state index is 0.195. The Labute approximate surface area is 139 Å². The minimum atomic E-state index is 0.195. The van der Waals surface area contributed by atoms with Crippen LogP contribution in [0.3, 0.4) is 0 Å². The highest BCUT2D eigenvalue weighted by atomic mass is 79.9. The van der Waals surface area contributed by atoms with Crippen LogP contribution < -0.4 is 14.9 Å². The van der Waals surface area contributed by atoms with Gasteiger partial charge in [0.1, 0.15) is 0 Å². The summed E-state index contributed by atoms with van der Waals surface area (Å²) in [5, 5.41) is 4.56. The Morgan fingerprint density at radius 3 is 2.86 bits per heavy atom. The second kappa shape index (κ2) is 6.46. The van der Waals surface area contributed by atoms with Gasteiger partial charge in [-0.05, 0) is 40.2 Å². The van der Waals surface area contributed by atoms with Crippen molar-refractivity contribution >= 4 is 21.6 Å². The number of benzene rings is 1. The molecular weight excluding hydrogens is 346 g/mol. The summed E-state index contributed by atoms with van der Waals surface area (Å²) in [5.41, 5.74) is 5.78. The molecule has 2 unspecified atom stereocenters. The average molecular weight is 368 g/mol. The highest BCUT2D eigenvalue weighted by Gasteiger charge is 2.37. The van der Waals surface area contributed by atoms with Crippen molar-refractivity contribution in [2.75, 3.05) is 33.9 Å². The molecule has 0 bridgehead atoms. The molecule has 1 N–H and O–H groups in total. The zero-order valence-corrected chi connectivity index (χ0v) is 14.8. The molecule has 1 aromatic rings. The highest BCUT2D eigenvalue weighted by molar-refractivity contribution is 9.10. The van der Waals surface area contributed by atoms with Gasteiger partial charge < -0.3 is 19.8 Å². The highest BCUT2D eigenvalue weighted by Crippen LogP contribution is 2.41. The summed E-state index contributed by atoms with van der Waals surface area (Å²) >= 11 is 3.58. The number of halogens is 1. The van der Waals surface area contributed by atoms with Gasteiger partial charge in [0.25, 0.3) is 0 Å². The smallest absolute Gasteiger partial charge is 0.174 e. The summed E-state index contributed by atoms with van der Waals surface area (Å²) in [5.74, 6) is 1.90. The van der Waals surface area contributed by atoms with Crippen molar-refractivity contribution in [1.82, 2.24) is 10.3 Å². The Morgan fingerprint density at radius 2 is 2.18 bits per heavy atom. The first-order valence-corrected chi connectivity index (χ1v) is 8.43. The Hall–Kier alpha value is -1.27. The van der Waals surface area contributed by atoms with Crippen molar-refractivity contribution in [3.63, 3.8) is 0 Å². The molecule has 0 saturated carbocycles. The van der Waals surface area contributed by atoms with E-state index in [0.717, 1.165) is 42.0 Å². The summed E-state index contributed by atoms with van der Waals surface area (Å²) in [4.78, 5) is 2.49. The van der Waals surface area contributed by atoms with Gasteiger partial charge in [-0.25, -0.2) is 0 Å². The van der Waals surface area contributed by atoms with E-state index in [-0.39, 0.29) is 6.04 Å². The van der Waals surface area contributed by atoms with Gasteiger partial charge in [0.15, 0.2) is 11.5 Å². The van der Waals surface area contributed by atoms with Crippen LogP contribution in [-0.4, -0.2) is 44.5 Å². The maximum atomic E-state index is 5.47. The Balaban J connectivity index is 1.90. The van der Waals surface area contributed by atoms with Crippen LogP contribution in [-0.2, 0) is 0 Å². The molecular formula is C16H22BrN3O2. The first kappa shape index (κ1) is 15.6. The molecule has 0 amide bonds. The normalized spacial score (nSPS) is 24.5. The molecule has 0 radical (unpaired) electrons. The minimum Gasteiger partial charge on any atom is -0.493 e. The van der Waals surface area contributed by atoms with Crippen molar-refractivity contribution < 1.29 is 9.47 Å². The van der Waals surface area contributed by atoms with Gasteiger partial charge in [-0.1, -0.05) is 6.92 Å². The summed E-state index contributed by atoms with van der Waals surface area (Å²) in [6.45, 7) is 5.47. The summed E-state index contributed by atoms with van der Waals surface area (Å²) < 4.78 is 11.8. The molecule has 1 saturated heterocycles. The predicted octanol–water partition coefficient (Wildman–Crippen LogP) is 2.81. The summed E-state index contributed by atoms with van der Waals surface area (Å²) in [6.07, 6.45) is 1.05. The molecule has 2 heterocycles. The van der Waals surface area contributed by atoms with Gasteiger partial charge in [-0.15, -0.1) is 0 Å². The number of ether oxygens (including phenoxy) is 2. The molecule has 0 aliphatic carbocycles. The number of hydrazone groups is 1. The summed E-state index contributed by atoms with van der Waals surface area (Å²) in [7, 11) is 3.31. The van der Waals surface area contributed by atoms with E-state index in [9.17, 15) is 0 Å². The molecule has 2 aliphatic heterocycles.